The first-order chi connectivity index (χ1) is 16.5. The van der Waals surface area contributed by atoms with Crippen molar-refractivity contribution in [2.45, 2.75) is 12.5 Å². The lowest BCUT2D eigenvalue weighted by molar-refractivity contribution is 0.177. The lowest BCUT2D eigenvalue weighted by Gasteiger charge is -2.15. The van der Waals surface area contributed by atoms with Crippen LogP contribution < -0.4 is 14.9 Å². The molecule has 7 nitrogen and oxygen atoms in total. The molecule has 0 amide bonds. The largest absolute Gasteiger partial charge is 0.508 e. The van der Waals surface area contributed by atoms with E-state index in [0.717, 1.165) is 5.56 Å². The van der Waals surface area contributed by atoms with Gasteiger partial charge < -0.3 is 29.2 Å². The molecule has 34 heavy (non-hydrogen) atoms. The van der Waals surface area contributed by atoms with Crippen molar-refractivity contribution in [3.63, 3.8) is 0 Å². The summed E-state index contributed by atoms with van der Waals surface area (Å²) < 4.78 is 17.0. The molecule has 174 valence electrons. The third-order valence-electron chi connectivity index (χ3n) is 5.24. The summed E-state index contributed by atoms with van der Waals surface area (Å²) in [6.45, 7) is 0.0639. The van der Waals surface area contributed by atoms with Crippen LogP contribution >= 0.6 is 0 Å². The highest BCUT2D eigenvalue weighted by Crippen LogP contribution is 2.42. The van der Waals surface area contributed by atoms with Gasteiger partial charge in [0.05, 0.1) is 19.8 Å². The molecule has 4 aromatic rings. The third kappa shape index (κ3) is 5.05. The molecule has 0 bridgehead atoms. The number of hydrogen-bond donors (Lipinski definition) is 3. The van der Waals surface area contributed by atoms with Crippen molar-refractivity contribution in [1.29, 1.82) is 0 Å². The molecule has 0 aliphatic heterocycles. The number of phenols is 2. The molecule has 0 spiro atoms. The van der Waals surface area contributed by atoms with Crippen molar-refractivity contribution < 1.29 is 29.2 Å². The van der Waals surface area contributed by atoms with Crippen LogP contribution in [0.5, 0.6) is 23.0 Å². The average Bonchev–Trinajstić information content (AvgIpc) is 2.83. The fraction of sp³-hybridized carbons (Fsp3) is 0.148. The maximum atomic E-state index is 13.0. The van der Waals surface area contributed by atoms with Crippen LogP contribution in [0.15, 0.2) is 82.0 Å². The summed E-state index contributed by atoms with van der Waals surface area (Å²) in [5.41, 5.74) is 1.28. The number of aliphatic hydroxyl groups excluding tert-OH is 1. The molecule has 0 saturated carbocycles. The maximum absolute atomic E-state index is 13.0. The summed E-state index contributed by atoms with van der Waals surface area (Å²) in [5, 5.41) is 30.3. The normalized spacial score (nSPS) is 12.2. The first-order valence-corrected chi connectivity index (χ1v) is 10.7. The number of rotatable bonds is 8. The highest BCUT2D eigenvalue weighted by molar-refractivity contribution is 5.90. The molecule has 1 atom stereocenters. The van der Waals surface area contributed by atoms with Crippen molar-refractivity contribution in [1.82, 2.24) is 0 Å². The van der Waals surface area contributed by atoms with Crippen LogP contribution in [0.4, 0.5) is 0 Å². The molecule has 7 heteroatoms. The number of ether oxygens (including phenoxy) is 2. The molecule has 1 aromatic heterocycles. The SMILES string of the molecule is COc1c(O)cc2oc(-c3ccc(O)cc3)cc(=O)c2c1OCC[C@@H](O)C=Cc1ccccc1. The number of methoxy groups -OCH3 is 1. The van der Waals surface area contributed by atoms with Gasteiger partial charge in [-0.2, -0.15) is 0 Å². The van der Waals surface area contributed by atoms with Gasteiger partial charge in [-0.05, 0) is 29.8 Å². The van der Waals surface area contributed by atoms with E-state index in [1.165, 1.54) is 31.4 Å². The topological polar surface area (TPSA) is 109 Å². The Balaban J connectivity index is 1.60. The van der Waals surface area contributed by atoms with E-state index in [2.05, 4.69) is 0 Å². The average molecular weight is 460 g/mol. The molecule has 0 radical (unpaired) electrons. The fourth-order valence-corrected chi connectivity index (χ4v) is 3.52. The minimum absolute atomic E-state index is 0.00602. The molecule has 1 heterocycles. The van der Waals surface area contributed by atoms with Crippen molar-refractivity contribution >= 4 is 17.0 Å². The van der Waals surface area contributed by atoms with Crippen LogP contribution in [-0.2, 0) is 0 Å². The molecule has 0 saturated heterocycles. The summed E-state index contributed by atoms with van der Waals surface area (Å²) in [6, 6.07) is 18.4. The monoisotopic (exact) mass is 460 g/mol. The quantitative estimate of drug-likeness (QED) is 0.349. The van der Waals surface area contributed by atoms with Gasteiger partial charge in [0.15, 0.2) is 16.9 Å². The van der Waals surface area contributed by atoms with Crippen molar-refractivity contribution in [2.24, 2.45) is 0 Å². The van der Waals surface area contributed by atoms with Gasteiger partial charge in [0.2, 0.25) is 5.75 Å². The number of aliphatic hydroxyl groups is 1. The number of aromatic hydroxyl groups is 2. The van der Waals surface area contributed by atoms with Crippen LogP contribution in [-0.4, -0.2) is 35.1 Å². The lowest BCUT2D eigenvalue weighted by atomic mass is 10.1. The lowest BCUT2D eigenvalue weighted by Crippen LogP contribution is -2.11. The molecule has 3 N–H and O–H groups in total. The predicted molar refractivity (Wildman–Crippen MR) is 129 cm³/mol. The highest BCUT2D eigenvalue weighted by Gasteiger charge is 2.21. The van der Waals surface area contributed by atoms with Gasteiger partial charge in [-0.25, -0.2) is 0 Å². The number of phenolic OH excluding ortho intramolecular Hbond substituents is 2. The van der Waals surface area contributed by atoms with Crippen molar-refractivity contribution in [2.75, 3.05) is 13.7 Å². The van der Waals surface area contributed by atoms with Gasteiger partial charge in [-0.15, -0.1) is 0 Å². The molecule has 0 fully saturated rings. The van der Waals surface area contributed by atoms with E-state index in [-0.39, 0.29) is 58.2 Å². The predicted octanol–water partition coefficient (Wildman–Crippen LogP) is 4.72. The minimum atomic E-state index is -0.771. The maximum Gasteiger partial charge on any atom is 0.204 e. The van der Waals surface area contributed by atoms with Crippen LogP contribution in [0.3, 0.4) is 0 Å². The zero-order valence-electron chi connectivity index (χ0n) is 18.5. The van der Waals surface area contributed by atoms with Gasteiger partial charge in [-0.1, -0.05) is 42.5 Å². The van der Waals surface area contributed by atoms with E-state index in [1.807, 2.05) is 36.4 Å². The number of benzene rings is 3. The first-order valence-electron chi connectivity index (χ1n) is 10.7. The Morgan fingerprint density at radius 3 is 2.44 bits per heavy atom. The number of fused-ring (bicyclic) bond motifs is 1. The summed E-state index contributed by atoms with van der Waals surface area (Å²) >= 11 is 0. The second-order valence-electron chi connectivity index (χ2n) is 7.63. The zero-order chi connectivity index (χ0) is 24.1. The van der Waals surface area contributed by atoms with Gasteiger partial charge in [-0.3, -0.25) is 4.79 Å². The van der Waals surface area contributed by atoms with E-state index in [9.17, 15) is 20.1 Å². The van der Waals surface area contributed by atoms with Gasteiger partial charge >= 0.3 is 0 Å². The van der Waals surface area contributed by atoms with Crippen LogP contribution in [0.2, 0.25) is 0 Å². The van der Waals surface area contributed by atoms with Gasteiger partial charge in [0.1, 0.15) is 22.5 Å². The second kappa shape index (κ2) is 10.1. The summed E-state index contributed by atoms with van der Waals surface area (Å²) in [4.78, 5) is 13.0. The Labute approximate surface area is 195 Å². The fourth-order valence-electron chi connectivity index (χ4n) is 3.52. The standard InChI is InChI=1S/C27H24O7/c1-32-26-22(31)16-24-25(21(30)15-23(34-24)18-8-11-19(28)12-9-18)27(26)33-14-13-20(29)10-7-17-5-3-2-4-6-17/h2-12,15-16,20,28-29,31H,13-14H2,1H3/t20-/m0/s1. The Morgan fingerprint density at radius 2 is 1.74 bits per heavy atom. The number of hydrogen-bond acceptors (Lipinski definition) is 7. The molecule has 0 aliphatic rings. The molecular weight excluding hydrogens is 436 g/mol. The Morgan fingerprint density at radius 1 is 1.00 bits per heavy atom. The Bertz CT molecular complexity index is 1360. The summed E-state index contributed by atoms with van der Waals surface area (Å²) in [6.07, 6.45) is 2.95. The van der Waals surface area contributed by atoms with E-state index in [1.54, 1.807) is 18.2 Å². The van der Waals surface area contributed by atoms with Crippen molar-refractivity contribution in [3.05, 3.63) is 88.6 Å². The van der Waals surface area contributed by atoms with Crippen LogP contribution in [0.1, 0.15) is 12.0 Å². The van der Waals surface area contributed by atoms with Crippen molar-refractivity contribution in [3.8, 4) is 34.3 Å². The van der Waals surface area contributed by atoms with Crippen LogP contribution in [0, 0.1) is 0 Å². The highest BCUT2D eigenvalue weighted by atomic mass is 16.5. The van der Waals surface area contributed by atoms with Crippen LogP contribution in [0.25, 0.3) is 28.4 Å². The van der Waals surface area contributed by atoms with E-state index in [0.29, 0.717) is 5.56 Å². The van der Waals surface area contributed by atoms with Gasteiger partial charge in [0, 0.05) is 24.1 Å². The molecular formula is C27H24O7. The van der Waals surface area contributed by atoms with E-state index >= 15 is 0 Å². The van der Waals surface area contributed by atoms with Gasteiger partial charge in [0.25, 0.3) is 0 Å². The minimum Gasteiger partial charge on any atom is -0.508 e. The smallest absolute Gasteiger partial charge is 0.204 e. The molecule has 3 aromatic carbocycles. The second-order valence-corrected chi connectivity index (χ2v) is 7.63. The molecule has 0 aliphatic carbocycles. The molecule has 4 rings (SSSR count). The van der Waals surface area contributed by atoms with E-state index in [4.69, 9.17) is 13.9 Å². The Hall–Kier alpha value is -4.23. The zero-order valence-corrected chi connectivity index (χ0v) is 18.5. The summed E-state index contributed by atoms with van der Waals surface area (Å²) in [7, 11) is 1.36. The molecule has 0 unspecified atom stereocenters. The van der Waals surface area contributed by atoms with E-state index < -0.39 is 6.10 Å². The summed E-state index contributed by atoms with van der Waals surface area (Å²) in [5.74, 6) is 0.162. The Kier molecular flexibility index (Phi) is 6.85. The third-order valence-corrected chi connectivity index (χ3v) is 5.24. The first kappa shape index (κ1) is 22.9.